The van der Waals surface area contributed by atoms with Crippen LogP contribution in [0.1, 0.15) is 33.6 Å². The lowest BCUT2D eigenvalue weighted by atomic mass is 9.82. The first-order valence-corrected chi connectivity index (χ1v) is 4.84. The molecule has 0 spiro atoms. The zero-order chi connectivity index (χ0) is 9.35. The molecule has 0 radical (unpaired) electrons. The van der Waals surface area contributed by atoms with Gasteiger partial charge < -0.3 is 10.0 Å². The van der Waals surface area contributed by atoms with Crippen LogP contribution in [0.25, 0.3) is 0 Å². The van der Waals surface area contributed by atoms with Crippen LogP contribution in [0.15, 0.2) is 0 Å². The van der Waals surface area contributed by atoms with Crippen LogP contribution >= 0.6 is 0 Å². The molecular weight excluding hydrogens is 150 g/mol. The van der Waals surface area contributed by atoms with Gasteiger partial charge in [0.05, 0.1) is 5.60 Å². The number of nitrogens with zero attached hydrogens (tertiary/aromatic N) is 1. The molecule has 1 aliphatic rings. The molecule has 2 nitrogen and oxygen atoms in total. The van der Waals surface area contributed by atoms with Crippen LogP contribution in [0.2, 0.25) is 0 Å². The predicted octanol–water partition coefficient (Wildman–Crippen LogP) is 1.49. The molecule has 0 bridgehead atoms. The highest BCUT2D eigenvalue weighted by molar-refractivity contribution is 4.85. The SMILES string of the molecule is C[C@@H]1CC[C@@H](C(C)(C)O)CN1C. The van der Waals surface area contributed by atoms with Gasteiger partial charge in [-0.1, -0.05) is 0 Å². The molecule has 72 valence electrons. The topological polar surface area (TPSA) is 23.5 Å². The fourth-order valence-corrected chi connectivity index (χ4v) is 1.86. The van der Waals surface area contributed by atoms with Gasteiger partial charge in [-0.15, -0.1) is 0 Å². The average Bonchev–Trinajstić information content (AvgIpc) is 1.92. The number of hydrogen-bond donors (Lipinski definition) is 1. The average molecular weight is 171 g/mol. The van der Waals surface area contributed by atoms with Crippen molar-refractivity contribution in [2.24, 2.45) is 5.92 Å². The van der Waals surface area contributed by atoms with Crippen molar-refractivity contribution in [1.82, 2.24) is 4.90 Å². The van der Waals surface area contributed by atoms with Crippen LogP contribution in [0.5, 0.6) is 0 Å². The Bertz CT molecular complexity index is 150. The van der Waals surface area contributed by atoms with E-state index in [-0.39, 0.29) is 0 Å². The van der Waals surface area contributed by atoms with Crippen LogP contribution in [0.3, 0.4) is 0 Å². The molecular formula is C10H21NO. The molecule has 12 heavy (non-hydrogen) atoms. The molecule has 1 aliphatic heterocycles. The largest absolute Gasteiger partial charge is 0.390 e. The van der Waals surface area contributed by atoms with E-state index in [1.807, 2.05) is 13.8 Å². The first-order chi connectivity index (χ1) is 5.41. The zero-order valence-corrected chi connectivity index (χ0v) is 8.67. The molecule has 2 heteroatoms. The molecule has 1 N–H and O–H groups in total. The second-order valence-electron chi connectivity index (χ2n) is 4.72. The summed E-state index contributed by atoms with van der Waals surface area (Å²) >= 11 is 0. The van der Waals surface area contributed by atoms with Gasteiger partial charge in [0.15, 0.2) is 0 Å². The Morgan fingerprint density at radius 2 is 1.92 bits per heavy atom. The van der Waals surface area contributed by atoms with Crippen LogP contribution < -0.4 is 0 Å². The van der Waals surface area contributed by atoms with Gasteiger partial charge in [0.1, 0.15) is 0 Å². The molecule has 0 saturated carbocycles. The summed E-state index contributed by atoms with van der Waals surface area (Å²) in [6, 6.07) is 0.684. The third-order valence-corrected chi connectivity index (χ3v) is 3.19. The summed E-state index contributed by atoms with van der Waals surface area (Å²) in [5, 5.41) is 9.82. The molecule has 1 rings (SSSR count). The summed E-state index contributed by atoms with van der Waals surface area (Å²) < 4.78 is 0. The second kappa shape index (κ2) is 3.35. The minimum atomic E-state index is -0.506. The zero-order valence-electron chi connectivity index (χ0n) is 8.67. The van der Waals surface area contributed by atoms with Crippen molar-refractivity contribution in [2.75, 3.05) is 13.6 Å². The smallest absolute Gasteiger partial charge is 0.0632 e. The maximum atomic E-state index is 9.82. The summed E-state index contributed by atoms with van der Waals surface area (Å²) in [6.07, 6.45) is 2.38. The number of likely N-dealkylation sites (tertiary alicyclic amines) is 1. The minimum Gasteiger partial charge on any atom is -0.390 e. The second-order valence-corrected chi connectivity index (χ2v) is 4.72. The normalized spacial score (nSPS) is 33.8. The van der Waals surface area contributed by atoms with Gasteiger partial charge in [0.25, 0.3) is 0 Å². The van der Waals surface area contributed by atoms with E-state index >= 15 is 0 Å². The molecule has 0 aromatic heterocycles. The van der Waals surface area contributed by atoms with E-state index in [0.29, 0.717) is 12.0 Å². The summed E-state index contributed by atoms with van der Waals surface area (Å²) in [7, 11) is 2.14. The van der Waals surface area contributed by atoms with Gasteiger partial charge in [-0.2, -0.15) is 0 Å². The third kappa shape index (κ3) is 2.20. The van der Waals surface area contributed by atoms with Crippen LogP contribution in [0.4, 0.5) is 0 Å². The van der Waals surface area contributed by atoms with Crippen LogP contribution in [-0.4, -0.2) is 35.2 Å². The molecule has 1 fully saturated rings. The summed E-state index contributed by atoms with van der Waals surface area (Å²) in [6.45, 7) is 7.12. The van der Waals surface area contributed by atoms with Gasteiger partial charge in [-0.3, -0.25) is 0 Å². The number of hydrogen-bond acceptors (Lipinski definition) is 2. The third-order valence-electron chi connectivity index (χ3n) is 3.19. The van der Waals surface area contributed by atoms with E-state index in [2.05, 4.69) is 18.9 Å². The predicted molar refractivity (Wildman–Crippen MR) is 51.1 cm³/mol. The van der Waals surface area contributed by atoms with E-state index < -0.39 is 5.60 Å². The van der Waals surface area contributed by atoms with Crippen molar-refractivity contribution in [3.05, 3.63) is 0 Å². The van der Waals surface area contributed by atoms with E-state index in [1.54, 1.807) is 0 Å². The fraction of sp³-hybridized carbons (Fsp3) is 1.00. The quantitative estimate of drug-likeness (QED) is 0.646. The van der Waals surface area contributed by atoms with Crippen molar-refractivity contribution in [3.63, 3.8) is 0 Å². The first-order valence-electron chi connectivity index (χ1n) is 4.84. The van der Waals surface area contributed by atoms with E-state index in [9.17, 15) is 5.11 Å². The summed E-state index contributed by atoms with van der Waals surface area (Å²) in [5.41, 5.74) is -0.506. The summed E-state index contributed by atoms with van der Waals surface area (Å²) in [5.74, 6) is 0.443. The van der Waals surface area contributed by atoms with Crippen molar-refractivity contribution >= 4 is 0 Å². The highest BCUT2D eigenvalue weighted by Crippen LogP contribution is 2.28. The Morgan fingerprint density at radius 1 is 1.33 bits per heavy atom. The number of aliphatic hydroxyl groups is 1. The Morgan fingerprint density at radius 3 is 2.33 bits per heavy atom. The van der Waals surface area contributed by atoms with Gasteiger partial charge >= 0.3 is 0 Å². The first kappa shape index (κ1) is 10.0. The molecule has 0 amide bonds. The molecule has 1 heterocycles. The van der Waals surface area contributed by atoms with Gasteiger partial charge in [-0.05, 0) is 46.6 Å². The summed E-state index contributed by atoms with van der Waals surface area (Å²) in [4.78, 5) is 2.34. The minimum absolute atomic E-state index is 0.443. The maximum absolute atomic E-state index is 9.82. The van der Waals surface area contributed by atoms with Crippen molar-refractivity contribution < 1.29 is 5.11 Å². The van der Waals surface area contributed by atoms with Crippen molar-refractivity contribution in [2.45, 2.75) is 45.3 Å². The molecule has 0 aliphatic carbocycles. The van der Waals surface area contributed by atoms with Crippen molar-refractivity contribution in [3.8, 4) is 0 Å². The van der Waals surface area contributed by atoms with Crippen molar-refractivity contribution in [1.29, 1.82) is 0 Å². The number of piperidine rings is 1. The molecule has 1 saturated heterocycles. The Kier molecular flexibility index (Phi) is 2.79. The van der Waals surface area contributed by atoms with E-state index in [0.717, 1.165) is 13.0 Å². The molecule has 0 aromatic rings. The number of rotatable bonds is 1. The lowest BCUT2D eigenvalue weighted by Crippen LogP contribution is -2.46. The van der Waals surface area contributed by atoms with Gasteiger partial charge in [-0.25, -0.2) is 0 Å². The highest BCUT2D eigenvalue weighted by Gasteiger charge is 2.32. The fourth-order valence-electron chi connectivity index (χ4n) is 1.86. The lowest BCUT2D eigenvalue weighted by Gasteiger charge is -2.40. The Labute approximate surface area is 75.6 Å². The maximum Gasteiger partial charge on any atom is 0.0632 e. The van der Waals surface area contributed by atoms with Crippen LogP contribution in [0, 0.1) is 5.92 Å². The van der Waals surface area contributed by atoms with E-state index in [4.69, 9.17) is 0 Å². The Hall–Kier alpha value is -0.0800. The van der Waals surface area contributed by atoms with Gasteiger partial charge in [0, 0.05) is 12.6 Å². The molecule has 0 unspecified atom stereocenters. The monoisotopic (exact) mass is 171 g/mol. The van der Waals surface area contributed by atoms with E-state index in [1.165, 1.54) is 6.42 Å². The Balaban J connectivity index is 2.51. The highest BCUT2D eigenvalue weighted by atomic mass is 16.3. The molecule has 0 aromatic carbocycles. The van der Waals surface area contributed by atoms with Gasteiger partial charge in [0.2, 0.25) is 0 Å². The standard InChI is InChI=1S/C10H21NO/c1-8-5-6-9(7-11(8)4)10(2,3)12/h8-9,12H,5-7H2,1-4H3/t8-,9-/m1/s1. The lowest BCUT2D eigenvalue weighted by molar-refractivity contribution is -0.0238. The molecule has 2 atom stereocenters. The van der Waals surface area contributed by atoms with Crippen LogP contribution in [-0.2, 0) is 0 Å².